The number of halogens is 1. The first-order valence-electron chi connectivity index (χ1n) is 5.39. The summed E-state index contributed by atoms with van der Waals surface area (Å²) < 4.78 is 0. The van der Waals surface area contributed by atoms with Gasteiger partial charge in [-0.05, 0) is 33.2 Å². The molecule has 0 aliphatic carbocycles. The van der Waals surface area contributed by atoms with Crippen LogP contribution in [0.15, 0.2) is 0 Å². The highest BCUT2D eigenvalue weighted by Gasteiger charge is 2.27. The van der Waals surface area contributed by atoms with Gasteiger partial charge in [-0.2, -0.15) is 0 Å². The quantitative estimate of drug-likeness (QED) is 0.658. The van der Waals surface area contributed by atoms with Crippen molar-refractivity contribution < 1.29 is 4.79 Å². The summed E-state index contributed by atoms with van der Waals surface area (Å²) in [6.07, 6.45) is 2.07. The lowest BCUT2D eigenvalue weighted by molar-refractivity contribution is -0.127. The molecule has 4 nitrogen and oxygen atoms in total. The lowest BCUT2D eigenvalue weighted by Gasteiger charge is -2.29. The lowest BCUT2D eigenvalue weighted by atomic mass is 9.91. The molecule has 1 rings (SSSR count). The van der Waals surface area contributed by atoms with Crippen molar-refractivity contribution in [3.05, 3.63) is 0 Å². The Kier molecular flexibility index (Phi) is 6.89. The van der Waals surface area contributed by atoms with E-state index in [1.165, 1.54) is 0 Å². The number of carbonyl (C=O) groups is 1. The maximum atomic E-state index is 11.8. The van der Waals surface area contributed by atoms with Crippen molar-refractivity contribution >= 4 is 18.3 Å². The fraction of sp³-hybridized carbons (Fsp3) is 0.900. The van der Waals surface area contributed by atoms with Crippen molar-refractivity contribution in [2.75, 3.05) is 13.1 Å². The second kappa shape index (κ2) is 7.04. The molecule has 1 aliphatic rings. The highest BCUT2D eigenvalue weighted by atomic mass is 35.5. The third kappa shape index (κ3) is 4.36. The van der Waals surface area contributed by atoms with Crippen LogP contribution >= 0.6 is 12.4 Å². The Morgan fingerprint density at radius 2 is 2.33 bits per heavy atom. The van der Waals surface area contributed by atoms with E-state index in [4.69, 9.17) is 5.73 Å². The van der Waals surface area contributed by atoms with Gasteiger partial charge in [-0.15, -0.1) is 12.4 Å². The molecule has 1 heterocycles. The van der Waals surface area contributed by atoms with Gasteiger partial charge in [-0.25, -0.2) is 0 Å². The van der Waals surface area contributed by atoms with Crippen molar-refractivity contribution in [1.82, 2.24) is 10.6 Å². The van der Waals surface area contributed by atoms with Gasteiger partial charge in [0, 0.05) is 18.6 Å². The third-order valence-electron chi connectivity index (χ3n) is 2.84. The van der Waals surface area contributed by atoms with Crippen LogP contribution in [0.25, 0.3) is 0 Å². The predicted molar refractivity (Wildman–Crippen MR) is 64.1 cm³/mol. The second-order valence-electron chi connectivity index (χ2n) is 4.14. The molecule has 0 saturated carbocycles. The summed E-state index contributed by atoms with van der Waals surface area (Å²) in [5.74, 6) is 0.250. The zero-order chi connectivity index (χ0) is 10.6. The van der Waals surface area contributed by atoms with Gasteiger partial charge in [0.05, 0.1) is 5.92 Å². The summed E-state index contributed by atoms with van der Waals surface area (Å²) in [6, 6.07) is 0.366. The van der Waals surface area contributed by atoms with E-state index >= 15 is 0 Å². The van der Waals surface area contributed by atoms with Gasteiger partial charge in [0.25, 0.3) is 0 Å². The summed E-state index contributed by atoms with van der Waals surface area (Å²) in [6.45, 7) is 5.52. The Morgan fingerprint density at radius 1 is 1.67 bits per heavy atom. The van der Waals surface area contributed by atoms with E-state index in [1.54, 1.807) is 0 Å². The zero-order valence-electron chi connectivity index (χ0n) is 9.45. The average molecular weight is 236 g/mol. The monoisotopic (exact) mass is 235 g/mol. The SMILES string of the molecule is C[C@H](CN)NC(=O)[C@@H]1CCCN[C@@H]1C.Cl. The molecule has 0 radical (unpaired) electrons. The van der Waals surface area contributed by atoms with Gasteiger partial charge in [0.2, 0.25) is 5.91 Å². The second-order valence-corrected chi connectivity index (χ2v) is 4.14. The van der Waals surface area contributed by atoms with Crippen LogP contribution in [0.2, 0.25) is 0 Å². The number of carbonyl (C=O) groups excluding carboxylic acids is 1. The van der Waals surface area contributed by atoms with Crippen molar-refractivity contribution in [3.63, 3.8) is 0 Å². The van der Waals surface area contributed by atoms with Crippen LogP contribution in [0.1, 0.15) is 26.7 Å². The molecule has 0 aromatic heterocycles. The molecule has 1 aliphatic heterocycles. The van der Waals surface area contributed by atoms with E-state index in [2.05, 4.69) is 17.6 Å². The summed E-state index contributed by atoms with van der Waals surface area (Å²) in [7, 11) is 0. The fourth-order valence-corrected chi connectivity index (χ4v) is 1.81. The van der Waals surface area contributed by atoms with Crippen LogP contribution in [-0.2, 0) is 4.79 Å². The van der Waals surface area contributed by atoms with E-state index in [-0.39, 0.29) is 36.3 Å². The molecule has 3 atom stereocenters. The molecule has 15 heavy (non-hydrogen) atoms. The fourth-order valence-electron chi connectivity index (χ4n) is 1.81. The van der Waals surface area contributed by atoms with E-state index in [0.717, 1.165) is 19.4 Å². The first kappa shape index (κ1) is 14.7. The molecule has 0 bridgehead atoms. The zero-order valence-corrected chi connectivity index (χ0v) is 10.3. The standard InChI is InChI=1S/C10H21N3O.ClH/c1-7(6-11)13-10(14)9-4-3-5-12-8(9)2;/h7-9,12H,3-6,11H2,1-2H3,(H,13,14);1H/t7-,8-,9-;/m1./s1. The minimum Gasteiger partial charge on any atom is -0.352 e. The number of amides is 1. The number of hydrogen-bond donors (Lipinski definition) is 3. The van der Waals surface area contributed by atoms with Gasteiger partial charge >= 0.3 is 0 Å². The third-order valence-corrected chi connectivity index (χ3v) is 2.84. The molecule has 1 amide bonds. The Labute approximate surface area is 97.8 Å². The maximum absolute atomic E-state index is 11.8. The first-order valence-corrected chi connectivity index (χ1v) is 5.39. The Hall–Kier alpha value is -0.320. The van der Waals surface area contributed by atoms with E-state index in [1.807, 2.05) is 6.92 Å². The molecule has 4 N–H and O–H groups in total. The van der Waals surface area contributed by atoms with Gasteiger partial charge in [0.1, 0.15) is 0 Å². The van der Waals surface area contributed by atoms with Crippen LogP contribution in [0, 0.1) is 5.92 Å². The van der Waals surface area contributed by atoms with Crippen LogP contribution in [0.5, 0.6) is 0 Å². The van der Waals surface area contributed by atoms with Crippen LogP contribution < -0.4 is 16.4 Å². The number of nitrogens with one attached hydrogen (secondary N) is 2. The first-order chi connectivity index (χ1) is 6.65. The largest absolute Gasteiger partial charge is 0.352 e. The molecular weight excluding hydrogens is 214 g/mol. The van der Waals surface area contributed by atoms with Crippen molar-refractivity contribution in [2.24, 2.45) is 11.7 Å². The average Bonchev–Trinajstić information content (AvgIpc) is 2.18. The smallest absolute Gasteiger partial charge is 0.224 e. The summed E-state index contributed by atoms with van der Waals surface area (Å²) in [5, 5.41) is 6.24. The Balaban J connectivity index is 0.00000196. The van der Waals surface area contributed by atoms with E-state index < -0.39 is 0 Å². The van der Waals surface area contributed by atoms with E-state index in [0.29, 0.717) is 6.54 Å². The van der Waals surface area contributed by atoms with Gasteiger partial charge < -0.3 is 16.4 Å². The van der Waals surface area contributed by atoms with Crippen LogP contribution in [0.3, 0.4) is 0 Å². The molecule has 0 unspecified atom stereocenters. The molecule has 0 aromatic carbocycles. The summed E-state index contributed by atoms with van der Waals surface area (Å²) in [4.78, 5) is 11.8. The van der Waals surface area contributed by atoms with Gasteiger partial charge in [0.15, 0.2) is 0 Å². The molecular formula is C10H22ClN3O. The number of nitrogens with two attached hydrogens (primary N) is 1. The minimum atomic E-state index is 0. The van der Waals surface area contributed by atoms with Gasteiger partial charge in [-0.1, -0.05) is 0 Å². The Morgan fingerprint density at radius 3 is 2.87 bits per heavy atom. The number of rotatable bonds is 3. The van der Waals surface area contributed by atoms with Crippen LogP contribution in [0.4, 0.5) is 0 Å². The normalized spacial score (nSPS) is 27.7. The van der Waals surface area contributed by atoms with E-state index in [9.17, 15) is 4.79 Å². The minimum absolute atomic E-state index is 0. The van der Waals surface area contributed by atoms with Crippen LogP contribution in [-0.4, -0.2) is 31.1 Å². The topological polar surface area (TPSA) is 67.1 Å². The molecule has 0 aromatic rings. The van der Waals surface area contributed by atoms with Gasteiger partial charge in [-0.3, -0.25) is 4.79 Å². The molecule has 1 saturated heterocycles. The molecule has 5 heteroatoms. The van der Waals surface area contributed by atoms with Crippen molar-refractivity contribution in [3.8, 4) is 0 Å². The number of piperidine rings is 1. The molecule has 0 spiro atoms. The molecule has 90 valence electrons. The predicted octanol–water partition coefficient (Wildman–Crippen LogP) is 0.260. The summed E-state index contributed by atoms with van der Waals surface area (Å²) >= 11 is 0. The summed E-state index contributed by atoms with van der Waals surface area (Å²) in [5.41, 5.74) is 5.45. The maximum Gasteiger partial charge on any atom is 0.224 e. The van der Waals surface area contributed by atoms with Crippen molar-refractivity contribution in [2.45, 2.75) is 38.8 Å². The van der Waals surface area contributed by atoms with Crippen molar-refractivity contribution in [1.29, 1.82) is 0 Å². The highest BCUT2D eigenvalue weighted by molar-refractivity contribution is 5.85. The molecule has 1 fully saturated rings. The number of hydrogen-bond acceptors (Lipinski definition) is 3. The Bertz CT molecular complexity index is 201. The lowest BCUT2D eigenvalue weighted by Crippen LogP contribution is -2.49. The highest BCUT2D eigenvalue weighted by Crippen LogP contribution is 2.16.